The first kappa shape index (κ1) is 9.03. The van der Waals surface area contributed by atoms with Crippen molar-refractivity contribution in [2.45, 2.75) is 6.32 Å². The van der Waals surface area contributed by atoms with Crippen LogP contribution in [0.15, 0.2) is 18.3 Å². The Bertz CT molecular complexity index is 255. The van der Waals surface area contributed by atoms with E-state index in [2.05, 4.69) is 4.98 Å². The summed E-state index contributed by atoms with van der Waals surface area (Å²) in [4.78, 5) is 3.11. The maximum Gasteiger partial charge on any atom is 0.482 e. The predicted octanol–water partition coefficient (Wildman–Crippen LogP) is 2.15. The predicted molar refractivity (Wildman–Crippen MR) is 37.0 cm³/mol. The number of halogens is 4. The lowest BCUT2D eigenvalue weighted by Crippen LogP contribution is -2.19. The van der Waals surface area contributed by atoms with Crippen LogP contribution in [0.4, 0.5) is 17.3 Å². The number of rotatable bonds is 2. The minimum absolute atomic E-state index is 0.0103. The van der Waals surface area contributed by atoms with E-state index in [1.807, 2.05) is 0 Å². The molecule has 0 unspecified atom stereocenters. The van der Waals surface area contributed by atoms with Crippen molar-refractivity contribution in [1.29, 1.82) is 0 Å². The molecule has 0 aliphatic carbocycles. The second-order valence-electron chi connectivity index (χ2n) is 2.40. The molecule has 0 amide bonds. The Morgan fingerprint density at radius 3 is 2.33 bits per heavy atom. The molecule has 0 bridgehead atoms. The van der Waals surface area contributed by atoms with E-state index < -0.39 is 19.2 Å². The molecule has 0 saturated heterocycles. The summed E-state index contributed by atoms with van der Waals surface area (Å²) in [6.45, 7) is -4.86. The van der Waals surface area contributed by atoms with Gasteiger partial charge < -0.3 is 12.9 Å². The van der Waals surface area contributed by atoms with Gasteiger partial charge in [0.2, 0.25) is 5.95 Å². The van der Waals surface area contributed by atoms with Crippen molar-refractivity contribution >= 4 is 6.98 Å². The van der Waals surface area contributed by atoms with Crippen molar-refractivity contribution < 1.29 is 17.3 Å². The second kappa shape index (κ2) is 3.12. The molecule has 66 valence electrons. The molecule has 0 saturated carbocycles. The smallest absolute Gasteiger partial charge is 0.449 e. The molecule has 0 aromatic carbocycles. The average Bonchev–Trinajstić information content (AvgIpc) is 1.91. The van der Waals surface area contributed by atoms with E-state index in [1.54, 1.807) is 0 Å². The van der Waals surface area contributed by atoms with Crippen LogP contribution in [0.25, 0.3) is 0 Å². The van der Waals surface area contributed by atoms with E-state index in [9.17, 15) is 17.3 Å². The maximum absolute atomic E-state index is 12.1. The highest BCUT2D eigenvalue weighted by Crippen LogP contribution is 2.15. The summed E-state index contributed by atoms with van der Waals surface area (Å²) in [6, 6.07) is 1.99. The first-order valence-corrected chi connectivity index (χ1v) is 3.29. The minimum Gasteiger partial charge on any atom is -0.449 e. The number of pyridine rings is 1. The third kappa shape index (κ3) is 2.90. The average molecular weight is 178 g/mol. The number of nitrogens with zero attached hydrogens (tertiary/aromatic N) is 1. The second-order valence-corrected chi connectivity index (χ2v) is 2.40. The van der Waals surface area contributed by atoms with Crippen molar-refractivity contribution in [2.24, 2.45) is 0 Å². The Hall–Kier alpha value is -1.07. The standard InChI is InChI=1S/C6H5BF4N/c8-6-2-1-5(4-12-6)3-7(9,10)11/h1-2,4H,3H2/q-1. The van der Waals surface area contributed by atoms with Crippen LogP contribution in [0.1, 0.15) is 5.56 Å². The van der Waals surface area contributed by atoms with Gasteiger partial charge in [0.15, 0.2) is 0 Å². The van der Waals surface area contributed by atoms with Crippen LogP contribution in [0.2, 0.25) is 0 Å². The van der Waals surface area contributed by atoms with Crippen LogP contribution in [-0.2, 0) is 6.32 Å². The summed E-state index contributed by atoms with van der Waals surface area (Å²) in [6.07, 6.45) is -0.113. The van der Waals surface area contributed by atoms with Crippen molar-refractivity contribution in [2.75, 3.05) is 0 Å². The van der Waals surface area contributed by atoms with Crippen molar-refractivity contribution in [3.8, 4) is 0 Å². The highest BCUT2D eigenvalue weighted by molar-refractivity contribution is 6.57. The Morgan fingerprint density at radius 2 is 1.92 bits per heavy atom. The molecule has 1 aromatic rings. The normalized spacial score (nSPS) is 11.7. The van der Waals surface area contributed by atoms with Crippen molar-refractivity contribution in [1.82, 2.24) is 4.98 Å². The van der Waals surface area contributed by atoms with Gasteiger partial charge in [-0.2, -0.15) is 4.39 Å². The highest BCUT2D eigenvalue weighted by atomic mass is 19.4. The van der Waals surface area contributed by atoms with Crippen molar-refractivity contribution in [3.63, 3.8) is 0 Å². The molecule has 0 N–H and O–H groups in total. The monoisotopic (exact) mass is 178 g/mol. The molecule has 1 aromatic heterocycles. The number of aromatic nitrogens is 1. The third-order valence-corrected chi connectivity index (χ3v) is 1.26. The van der Waals surface area contributed by atoms with Crippen LogP contribution in [0, 0.1) is 5.95 Å². The van der Waals surface area contributed by atoms with Crippen LogP contribution < -0.4 is 0 Å². The summed E-state index contributed by atoms with van der Waals surface area (Å²) in [5.74, 6) is -0.770. The summed E-state index contributed by atoms with van der Waals surface area (Å²) in [7, 11) is 0. The van der Waals surface area contributed by atoms with Crippen LogP contribution in [-0.4, -0.2) is 12.0 Å². The van der Waals surface area contributed by atoms with Crippen LogP contribution in [0.3, 0.4) is 0 Å². The third-order valence-electron chi connectivity index (χ3n) is 1.26. The minimum atomic E-state index is -4.86. The Balaban J connectivity index is 2.71. The molecular formula is C6H5BF4N-. The summed E-state index contributed by atoms with van der Waals surface area (Å²) in [5, 5.41) is 0. The van der Waals surface area contributed by atoms with Gasteiger partial charge in [-0.1, -0.05) is 17.9 Å². The lowest BCUT2D eigenvalue weighted by molar-refractivity contribution is 0.468. The van der Waals surface area contributed by atoms with E-state index in [0.717, 1.165) is 18.3 Å². The molecule has 0 aliphatic rings. The van der Waals surface area contributed by atoms with Gasteiger partial charge in [-0.05, 0) is 6.07 Å². The molecule has 0 atom stereocenters. The van der Waals surface area contributed by atoms with Gasteiger partial charge in [0.25, 0.3) is 0 Å². The molecule has 0 radical (unpaired) electrons. The van der Waals surface area contributed by atoms with E-state index in [0.29, 0.717) is 0 Å². The summed E-state index contributed by atoms with van der Waals surface area (Å²) < 4.78 is 47.5. The molecule has 0 fully saturated rings. The fourth-order valence-electron chi connectivity index (χ4n) is 0.794. The quantitative estimate of drug-likeness (QED) is 0.384. The highest BCUT2D eigenvalue weighted by Gasteiger charge is 2.23. The molecule has 12 heavy (non-hydrogen) atoms. The Kier molecular flexibility index (Phi) is 2.35. The van der Waals surface area contributed by atoms with Gasteiger partial charge in [-0.25, -0.2) is 4.98 Å². The molecular weight excluding hydrogens is 173 g/mol. The zero-order valence-corrected chi connectivity index (χ0v) is 5.98. The number of hydrogen-bond acceptors (Lipinski definition) is 1. The van der Waals surface area contributed by atoms with Gasteiger partial charge in [0, 0.05) is 6.20 Å². The Labute approximate surface area is 66.5 Å². The topological polar surface area (TPSA) is 12.9 Å². The number of hydrogen-bond donors (Lipinski definition) is 0. The van der Waals surface area contributed by atoms with E-state index in [-0.39, 0.29) is 5.56 Å². The van der Waals surface area contributed by atoms with E-state index in [4.69, 9.17) is 0 Å². The molecule has 1 nitrogen and oxygen atoms in total. The van der Waals surface area contributed by atoms with Crippen LogP contribution >= 0.6 is 0 Å². The fourth-order valence-corrected chi connectivity index (χ4v) is 0.794. The van der Waals surface area contributed by atoms with Gasteiger partial charge in [0.05, 0.1) is 0 Å². The van der Waals surface area contributed by atoms with Gasteiger partial charge in [0.1, 0.15) is 0 Å². The first-order valence-electron chi connectivity index (χ1n) is 3.29. The molecule has 0 aliphatic heterocycles. The maximum atomic E-state index is 12.1. The van der Waals surface area contributed by atoms with Crippen LogP contribution in [0.5, 0.6) is 0 Å². The van der Waals surface area contributed by atoms with Gasteiger partial charge >= 0.3 is 6.98 Å². The van der Waals surface area contributed by atoms with Gasteiger partial charge in [-0.15, -0.1) is 0 Å². The zero-order valence-electron chi connectivity index (χ0n) is 5.98. The summed E-state index contributed by atoms with van der Waals surface area (Å²) in [5.41, 5.74) is -0.0103. The Morgan fingerprint density at radius 1 is 1.25 bits per heavy atom. The molecule has 6 heteroatoms. The zero-order chi connectivity index (χ0) is 9.19. The lowest BCUT2D eigenvalue weighted by Gasteiger charge is -2.12. The van der Waals surface area contributed by atoms with E-state index in [1.165, 1.54) is 0 Å². The fraction of sp³-hybridized carbons (Fsp3) is 0.167. The largest absolute Gasteiger partial charge is 0.482 e. The molecule has 0 spiro atoms. The van der Waals surface area contributed by atoms with Crippen molar-refractivity contribution in [3.05, 3.63) is 29.8 Å². The molecule has 1 heterocycles. The lowest BCUT2D eigenvalue weighted by atomic mass is 9.82. The first-order chi connectivity index (χ1) is 5.47. The SMILES string of the molecule is Fc1ccc(C[B-](F)(F)F)cn1. The van der Waals surface area contributed by atoms with Gasteiger partial charge in [-0.3, -0.25) is 0 Å². The summed E-state index contributed by atoms with van der Waals surface area (Å²) >= 11 is 0. The molecule has 1 rings (SSSR count). The van der Waals surface area contributed by atoms with E-state index >= 15 is 0 Å².